The molecule has 0 aliphatic heterocycles. The van der Waals surface area contributed by atoms with Crippen molar-refractivity contribution in [3.05, 3.63) is 30.0 Å². The first-order valence-corrected chi connectivity index (χ1v) is 6.42. The van der Waals surface area contributed by atoms with Gasteiger partial charge in [0.1, 0.15) is 0 Å². The summed E-state index contributed by atoms with van der Waals surface area (Å²) in [5.74, 6) is -0.0468. The molecule has 0 aliphatic carbocycles. The molecule has 120 valence electrons. The maximum atomic E-state index is 12.3. The fraction of sp³-hybridized carbons (Fsp3) is 0.333. The summed E-state index contributed by atoms with van der Waals surface area (Å²) in [5, 5.41) is 1.16. The lowest BCUT2D eigenvalue weighted by molar-refractivity contribution is -0.118. The fourth-order valence-electron chi connectivity index (χ4n) is 1.88. The van der Waals surface area contributed by atoms with Crippen LogP contribution >= 0.6 is 0 Å². The smallest absolute Gasteiger partial charge is 0.307 e. The van der Waals surface area contributed by atoms with E-state index in [1.165, 1.54) is 40.4 Å². The number of Topliss-reactive ketones (excluding diaryl/α,β-unsaturated/α-hetero) is 1. The Balaban J connectivity index is 3.50. The van der Waals surface area contributed by atoms with Gasteiger partial charge in [-0.15, -0.1) is 0 Å². The zero-order valence-electron chi connectivity index (χ0n) is 13.4. The van der Waals surface area contributed by atoms with Crippen molar-refractivity contribution in [2.45, 2.75) is 6.92 Å². The van der Waals surface area contributed by atoms with E-state index < -0.39 is 5.91 Å². The molecule has 1 aromatic rings. The van der Waals surface area contributed by atoms with Crippen molar-refractivity contribution in [1.82, 2.24) is 5.43 Å². The van der Waals surface area contributed by atoms with Gasteiger partial charge in [-0.05, 0) is 13.0 Å². The summed E-state index contributed by atoms with van der Waals surface area (Å²) in [4.78, 5) is 24.2. The molecule has 1 amide bonds. The Morgan fingerprint density at radius 2 is 1.68 bits per heavy atom. The van der Waals surface area contributed by atoms with Gasteiger partial charge in [0.05, 0.1) is 27.0 Å². The van der Waals surface area contributed by atoms with Crippen LogP contribution in [0.15, 0.2) is 24.5 Å². The Kier molecular flexibility index (Phi) is 5.94. The van der Waals surface area contributed by atoms with Gasteiger partial charge >= 0.3 is 5.91 Å². The number of methoxy groups -OCH3 is 3. The topological polar surface area (TPSA) is 77.1 Å². The Morgan fingerprint density at radius 1 is 1.14 bits per heavy atom. The largest absolute Gasteiger partial charge is 0.493 e. The Labute approximate surface area is 129 Å². The number of carbonyl (C=O) groups is 2. The van der Waals surface area contributed by atoms with Crippen molar-refractivity contribution in [3.8, 4) is 11.5 Å². The van der Waals surface area contributed by atoms with Gasteiger partial charge in [0.2, 0.25) is 0 Å². The summed E-state index contributed by atoms with van der Waals surface area (Å²) in [6.07, 6.45) is 0. The lowest BCUT2D eigenvalue weighted by atomic mass is 10.1. The molecule has 1 rings (SSSR count). The van der Waals surface area contributed by atoms with Crippen LogP contribution < -0.4 is 19.9 Å². The highest BCUT2D eigenvalue weighted by molar-refractivity contribution is 6.09. The number of nitrogens with zero attached hydrogens (tertiary/aromatic N) is 1. The summed E-state index contributed by atoms with van der Waals surface area (Å²) in [5.41, 5.74) is 3.32. The number of ketones is 1. The number of hydrazine groups is 1. The zero-order valence-corrected chi connectivity index (χ0v) is 13.4. The van der Waals surface area contributed by atoms with Gasteiger partial charge in [0.25, 0.3) is 0 Å². The minimum Gasteiger partial charge on any atom is -0.493 e. The minimum atomic E-state index is -0.528. The molecule has 0 aromatic heterocycles. The molecule has 7 heteroatoms. The van der Waals surface area contributed by atoms with Gasteiger partial charge in [-0.2, -0.15) is 0 Å². The fourth-order valence-corrected chi connectivity index (χ4v) is 1.88. The van der Waals surface area contributed by atoms with Crippen LogP contribution in [0.5, 0.6) is 11.5 Å². The highest BCUT2D eigenvalue weighted by Crippen LogP contribution is 2.35. The quantitative estimate of drug-likeness (QED) is 0.356. The molecule has 0 spiro atoms. The third kappa shape index (κ3) is 3.37. The predicted octanol–water partition coefficient (Wildman–Crippen LogP) is 1.53. The van der Waals surface area contributed by atoms with E-state index >= 15 is 0 Å². The van der Waals surface area contributed by atoms with Crippen molar-refractivity contribution < 1.29 is 23.8 Å². The second kappa shape index (κ2) is 7.46. The number of ether oxygens (including phenoxy) is 3. The number of anilines is 1. The number of amides is 1. The van der Waals surface area contributed by atoms with Crippen LogP contribution in [-0.4, -0.2) is 40.1 Å². The molecule has 0 heterocycles. The van der Waals surface area contributed by atoms with Crippen LogP contribution in [0.25, 0.3) is 0 Å². The number of nitrogens with one attached hydrogen (secondary N) is 1. The first-order valence-electron chi connectivity index (χ1n) is 6.42. The molecule has 0 bridgehead atoms. The average molecular weight is 308 g/mol. The normalized spacial score (nSPS) is 9.86. The third-order valence-electron chi connectivity index (χ3n) is 3.03. The lowest BCUT2D eigenvalue weighted by Gasteiger charge is -2.24. The van der Waals surface area contributed by atoms with Crippen LogP contribution in [0.2, 0.25) is 0 Å². The monoisotopic (exact) mass is 308 g/mol. The van der Waals surface area contributed by atoms with Gasteiger partial charge in [-0.3, -0.25) is 9.59 Å². The van der Waals surface area contributed by atoms with E-state index in [0.717, 1.165) is 5.01 Å². The SMILES string of the molecule is C=C(OC)C(=O)N(NC)c1cc(OC)c(OC)cc1C(C)=O. The lowest BCUT2D eigenvalue weighted by Crippen LogP contribution is -2.42. The van der Waals surface area contributed by atoms with E-state index in [1.54, 1.807) is 7.05 Å². The highest BCUT2D eigenvalue weighted by atomic mass is 16.5. The molecule has 0 radical (unpaired) electrons. The summed E-state index contributed by atoms with van der Waals surface area (Å²) in [6.45, 7) is 4.92. The van der Waals surface area contributed by atoms with Crippen LogP contribution in [0.1, 0.15) is 17.3 Å². The van der Waals surface area contributed by atoms with Crippen molar-refractivity contribution in [3.63, 3.8) is 0 Å². The second-order valence-corrected chi connectivity index (χ2v) is 4.27. The van der Waals surface area contributed by atoms with Crippen molar-refractivity contribution in [1.29, 1.82) is 0 Å². The molecule has 1 aromatic carbocycles. The standard InChI is InChI=1S/C15H20N2O5/c1-9(18)11-7-13(21-5)14(22-6)8-12(11)17(16-3)15(19)10(2)20-4/h7-8,16H,2H2,1,3-6H3. The Hall–Kier alpha value is -2.54. The molecule has 0 aliphatic rings. The van der Waals surface area contributed by atoms with E-state index in [0.29, 0.717) is 22.7 Å². The maximum absolute atomic E-state index is 12.3. The van der Waals surface area contributed by atoms with Gasteiger partial charge in [-0.1, -0.05) is 6.58 Å². The van der Waals surface area contributed by atoms with Crippen LogP contribution in [-0.2, 0) is 9.53 Å². The molecule has 7 nitrogen and oxygen atoms in total. The van der Waals surface area contributed by atoms with Crippen molar-refractivity contribution in [2.75, 3.05) is 33.4 Å². The van der Waals surface area contributed by atoms with E-state index in [2.05, 4.69) is 12.0 Å². The molecular formula is C15H20N2O5. The van der Waals surface area contributed by atoms with E-state index in [4.69, 9.17) is 14.2 Å². The molecule has 0 unspecified atom stereocenters. The number of rotatable bonds is 7. The number of benzene rings is 1. The average Bonchev–Trinajstić information content (AvgIpc) is 2.53. The van der Waals surface area contributed by atoms with Crippen LogP contribution in [0.3, 0.4) is 0 Å². The summed E-state index contributed by atoms with van der Waals surface area (Å²) in [7, 11) is 5.82. The van der Waals surface area contributed by atoms with Crippen LogP contribution in [0, 0.1) is 0 Å². The molecule has 0 saturated heterocycles. The van der Waals surface area contributed by atoms with Gasteiger partial charge in [-0.25, -0.2) is 10.4 Å². The van der Waals surface area contributed by atoms with Gasteiger partial charge in [0.15, 0.2) is 23.0 Å². The molecule has 0 fully saturated rings. The summed E-state index contributed by atoms with van der Waals surface area (Å²) >= 11 is 0. The van der Waals surface area contributed by atoms with Crippen molar-refractivity contribution in [2.24, 2.45) is 0 Å². The van der Waals surface area contributed by atoms with Gasteiger partial charge < -0.3 is 14.2 Å². The number of hydrogen-bond donors (Lipinski definition) is 1. The molecule has 0 saturated carbocycles. The summed E-state index contributed by atoms with van der Waals surface area (Å²) < 4.78 is 15.2. The van der Waals surface area contributed by atoms with E-state index in [9.17, 15) is 9.59 Å². The zero-order chi connectivity index (χ0) is 16.9. The molecule has 22 heavy (non-hydrogen) atoms. The molecule has 1 N–H and O–H groups in total. The minimum absolute atomic E-state index is 0.0707. The van der Waals surface area contributed by atoms with Crippen molar-refractivity contribution >= 4 is 17.4 Å². The van der Waals surface area contributed by atoms with Crippen LogP contribution in [0.4, 0.5) is 5.69 Å². The molecule has 0 atom stereocenters. The second-order valence-electron chi connectivity index (χ2n) is 4.27. The first-order chi connectivity index (χ1) is 10.4. The Morgan fingerprint density at radius 3 is 2.09 bits per heavy atom. The third-order valence-corrected chi connectivity index (χ3v) is 3.03. The molecular weight excluding hydrogens is 288 g/mol. The Bertz CT molecular complexity index is 598. The van der Waals surface area contributed by atoms with E-state index in [1.807, 2.05) is 0 Å². The highest BCUT2D eigenvalue weighted by Gasteiger charge is 2.24. The number of hydrogen-bond acceptors (Lipinski definition) is 6. The van der Waals surface area contributed by atoms with Gasteiger partial charge in [0, 0.05) is 18.7 Å². The maximum Gasteiger partial charge on any atom is 0.307 e. The van der Waals surface area contributed by atoms with E-state index in [-0.39, 0.29) is 11.5 Å². The number of carbonyl (C=O) groups excluding carboxylic acids is 2. The summed E-state index contributed by atoms with van der Waals surface area (Å²) in [6, 6.07) is 3.05. The predicted molar refractivity (Wildman–Crippen MR) is 82.2 cm³/mol. The first kappa shape index (κ1) is 17.5.